The molecule has 0 saturated carbocycles. The van der Waals surface area contributed by atoms with Gasteiger partial charge in [0.2, 0.25) is 0 Å². The van der Waals surface area contributed by atoms with E-state index in [0.29, 0.717) is 34.2 Å². The SMILES string of the molecule is CCOC(=O)COc1ccc(Cl)cc1C1NC(=O)NC(C)=C1C(=O)NCc1ccccc1. The van der Waals surface area contributed by atoms with E-state index in [1.807, 2.05) is 30.3 Å². The van der Waals surface area contributed by atoms with Gasteiger partial charge in [-0.1, -0.05) is 41.9 Å². The summed E-state index contributed by atoms with van der Waals surface area (Å²) in [6.45, 7) is 3.57. The molecule has 9 heteroatoms. The molecule has 1 aliphatic rings. The second kappa shape index (κ2) is 10.7. The molecule has 3 N–H and O–H groups in total. The van der Waals surface area contributed by atoms with Crippen molar-refractivity contribution >= 4 is 29.5 Å². The maximum Gasteiger partial charge on any atom is 0.344 e. The second-order valence-electron chi connectivity index (χ2n) is 7.01. The lowest BCUT2D eigenvalue weighted by atomic mass is 9.94. The summed E-state index contributed by atoms with van der Waals surface area (Å²) in [5, 5.41) is 8.64. The molecule has 0 aromatic heterocycles. The van der Waals surface area contributed by atoms with E-state index in [9.17, 15) is 14.4 Å². The largest absolute Gasteiger partial charge is 0.482 e. The van der Waals surface area contributed by atoms with Crippen molar-refractivity contribution in [3.63, 3.8) is 0 Å². The molecule has 0 aliphatic carbocycles. The van der Waals surface area contributed by atoms with Gasteiger partial charge >= 0.3 is 12.0 Å². The zero-order valence-electron chi connectivity index (χ0n) is 17.7. The van der Waals surface area contributed by atoms with Gasteiger partial charge in [-0.15, -0.1) is 0 Å². The van der Waals surface area contributed by atoms with E-state index in [0.717, 1.165) is 5.56 Å². The Bertz CT molecular complexity index is 1040. The lowest BCUT2D eigenvalue weighted by Gasteiger charge is -2.30. The van der Waals surface area contributed by atoms with Crippen LogP contribution >= 0.6 is 11.6 Å². The number of allylic oxidation sites excluding steroid dienone is 1. The fourth-order valence-corrected chi connectivity index (χ4v) is 3.50. The van der Waals surface area contributed by atoms with Crippen LogP contribution in [0.3, 0.4) is 0 Å². The number of hydrogen-bond donors (Lipinski definition) is 3. The average Bonchev–Trinajstić information content (AvgIpc) is 2.77. The van der Waals surface area contributed by atoms with Crippen molar-refractivity contribution in [3.8, 4) is 5.75 Å². The van der Waals surface area contributed by atoms with E-state index >= 15 is 0 Å². The van der Waals surface area contributed by atoms with E-state index in [1.165, 1.54) is 0 Å². The minimum Gasteiger partial charge on any atom is -0.482 e. The van der Waals surface area contributed by atoms with E-state index in [2.05, 4.69) is 16.0 Å². The van der Waals surface area contributed by atoms with Gasteiger partial charge in [-0.25, -0.2) is 9.59 Å². The van der Waals surface area contributed by atoms with Gasteiger partial charge in [0.15, 0.2) is 6.61 Å². The van der Waals surface area contributed by atoms with Gasteiger partial charge in [0.25, 0.3) is 5.91 Å². The van der Waals surface area contributed by atoms with E-state index < -0.39 is 18.0 Å². The fourth-order valence-electron chi connectivity index (χ4n) is 3.32. The number of rotatable bonds is 8. The molecule has 1 heterocycles. The van der Waals surface area contributed by atoms with Crippen LogP contribution in [0.15, 0.2) is 59.8 Å². The summed E-state index contributed by atoms with van der Waals surface area (Å²) in [5.74, 6) is -0.591. The highest BCUT2D eigenvalue weighted by molar-refractivity contribution is 6.30. The van der Waals surface area contributed by atoms with E-state index in [-0.39, 0.29) is 19.1 Å². The summed E-state index contributed by atoms with van der Waals surface area (Å²) < 4.78 is 10.5. The number of carbonyl (C=O) groups excluding carboxylic acids is 3. The van der Waals surface area contributed by atoms with Crippen LogP contribution < -0.4 is 20.7 Å². The summed E-state index contributed by atoms with van der Waals surface area (Å²) in [5.41, 5.74) is 2.09. The Morgan fingerprint density at radius 3 is 2.62 bits per heavy atom. The van der Waals surface area contributed by atoms with Crippen LogP contribution in [0.4, 0.5) is 4.79 Å². The van der Waals surface area contributed by atoms with Crippen LogP contribution in [-0.4, -0.2) is 31.1 Å². The first-order chi connectivity index (χ1) is 15.4. The Kier molecular flexibility index (Phi) is 7.72. The van der Waals surface area contributed by atoms with E-state index in [4.69, 9.17) is 21.1 Å². The predicted octanol–water partition coefficient (Wildman–Crippen LogP) is 3.23. The monoisotopic (exact) mass is 457 g/mol. The molecule has 1 unspecified atom stereocenters. The van der Waals surface area contributed by atoms with Crippen LogP contribution in [0.25, 0.3) is 0 Å². The average molecular weight is 458 g/mol. The van der Waals surface area contributed by atoms with Crippen LogP contribution in [-0.2, 0) is 20.9 Å². The number of amides is 3. The van der Waals surface area contributed by atoms with Crippen molar-refractivity contribution in [2.45, 2.75) is 26.4 Å². The van der Waals surface area contributed by atoms with Crippen LogP contribution in [0.5, 0.6) is 5.75 Å². The summed E-state index contributed by atoms with van der Waals surface area (Å²) in [4.78, 5) is 37.1. The number of nitrogens with one attached hydrogen (secondary N) is 3. The second-order valence-corrected chi connectivity index (χ2v) is 7.45. The van der Waals surface area contributed by atoms with Crippen LogP contribution in [0.1, 0.15) is 31.0 Å². The van der Waals surface area contributed by atoms with Crippen molar-refractivity contribution in [2.24, 2.45) is 0 Å². The smallest absolute Gasteiger partial charge is 0.344 e. The van der Waals surface area contributed by atoms with Crippen LogP contribution in [0.2, 0.25) is 5.02 Å². The molecule has 3 amide bonds. The van der Waals surface area contributed by atoms with Gasteiger partial charge in [-0.05, 0) is 37.6 Å². The molecule has 0 spiro atoms. The lowest BCUT2D eigenvalue weighted by Crippen LogP contribution is -2.47. The molecule has 3 rings (SSSR count). The maximum atomic E-state index is 13.1. The molecule has 0 fully saturated rings. The molecule has 0 saturated heterocycles. The Morgan fingerprint density at radius 2 is 1.91 bits per heavy atom. The summed E-state index contributed by atoms with van der Waals surface area (Å²) in [6, 6.07) is 12.9. The number of benzene rings is 2. The first-order valence-corrected chi connectivity index (χ1v) is 10.4. The molecule has 2 aromatic carbocycles. The molecule has 0 bridgehead atoms. The predicted molar refractivity (Wildman–Crippen MR) is 119 cm³/mol. The first-order valence-electron chi connectivity index (χ1n) is 10.1. The Morgan fingerprint density at radius 1 is 1.16 bits per heavy atom. The van der Waals surface area contributed by atoms with Crippen molar-refractivity contribution in [1.29, 1.82) is 0 Å². The molecule has 2 aromatic rings. The van der Waals surface area contributed by atoms with Gasteiger partial charge in [0, 0.05) is 22.8 Å². The maximum absolute atomic E-state index is 13.1. The number of hydrogen-bond acceptors (Lipinski definition) is 5. The number of esters is 1. The van der Waals surface area contributed by atoms with Gasteiger partial charge in [0.1, 0.15) is 5.75 Å². The number of urea groups is 1. The number of carbonyl (C=O) groups is 3. The standard InChI is InChI=1S/C23H24ClN3O5/c1-3-31-19(28)13-32-18-10-9-16(24)11-17(18)21-20(14(2)26-23(30)27-21)22(29)25-12-15-7-5-4-6-8-15/h4-11,21H,3,12-13H2,1-2H3,(H,25,29)(H2,26,27,30). The fraction of sp³-hybridized carbons (Fsp3) is 0.261. The minimum atomic E-state index is -0.838. The van der Waals surface area contributed by atoms with Gasteiger partial charge < -0.3 is 25.4 Å². The molecule has 1 atom stereocenters. The summed E-state index contributed by atoms with van der Waals surface area (Å²) >= 11 is 6.20. The van der Waals surface area contributed by atoms with Crippen molar-refractivity contribution < 1.29 is 23.9 Å². The first kappa shape index (κ1) is 23.1. The van der Waals surface area contributed by atoms with Crippen molar-refractivity contribution in [1.82, 2.24) is 16.0 Å². The molecule has 168 valence electrons. The molecule has 8 nitrogen and oxygen atoms in total. The van der Waals surface area contributed by atoms with Crippen molar-refractivity contribution in [3.05, 3.63) is 76.0 Å². The van der Waals surface area contributed by atoms with Gasteiger partial charge in [-0.2, -0.15) is 0 Å². The Hall–Kier alpha value is -3.52. The van der Waals surface area contributed by atoms with Crippen molar-refractivity contribution in [2.75, 3.05) is 13.2 Å². The minimum absolute atomic E-state index is 0.230. The zero-order chi connectivity index (χ0) is 23.1. The molecular weight excluding hydrogens is 434 g/mol. The van der Waals surface area contributed by atoms with E-state index in [1.54, 1.807) is 32.0 Å². The quantitative estimate of drug-likeness (QED) is 0.528. The molecule has 0 radical (unpaired) electrons. The highest BCUT2D eigenvalue weighted by Crippen LogP contribution is 2.35. The highest BCUT2D eigenvalue weighted by atomic mass is 35.5. The third-order valence-electron chi connectivity index (χ3n) is 4.74. The normalized spacial score (nSPS) is 15.5. The topological polar surface area (TPSA) is 106 Å². The third-order valence-corrected chi connectivity index (χ3v) is 4.98. The van der Waals surface area contributed by atoms with Gasteiger partial charge in [-0.3, -0.25) is 4.79 Å². The van der Waals surface area contributed by atoms with Gasteiger partial charge in [0.05, 0.1) is 18.2 Å². The molecule has 32 heavy (non-hydrogen) atoms. The van der Waals surface area contributed by atoms with Crippen LogP contribution in [0, 0.1) is 0 Å². The Labute approximate surface area is 190 Å². The number of halogens is 1. The molecular formula is C23H24ClN3O5. The lowest BCUT2D eigenvalue weighted by molar-refractivity contribution is -0.145. The third kappa shape index (κ3) is 5.79. The Balaban J connectivity index is 1.89. The highest BCUT2D eigenvalue weighted by Gasteiger charge is 2.33. The number of ether oxygens (including phenoxy) is 2. The summed E-state index contributed by atoms with van der Waals surface area (Å²) in [6.07, 6.45) is 0. The summed E-state index contributed by atoms with van der Waals surface area (Å²) in [7, 11) is 0. The molecule has 1 aliphatic heterocycles. The zero-order valence-corrected chi connectivity index (χ0v) is 18.5.